The smallest absolute Gasteiger partial charge is 0.253 e. The van der Waals surface area contributed by atoms with Crippen molar-refractivity contribution in [3.63, 3.8) is 0 Å². The standard InChI is InChI=1S/C15H15FN2O2/c16-11-3-6-13(14(17)9-11)15(20)18-8-7-10-1-4-12(19)5-2-10/h1-6,9,19H,7-8,17H2,(H,18,20). The minimum Gasteiger partial charge on any atom is -0.508 e. The van der Waals surface area contributed by atoms with E-state index in [0.29, 0.717) is 13.0 Å². The summed E-state index contributed by atoms with van der Waals surface area (Å²) in [5.74, 6) is -0.596. The Balaban J connectivity index is 1.90. The highest BCUT2D eigenvalue weighted by atomic mass is 19.1. The lowest BCUT2D eigenvalue weighted by atomic mass is 10.1. The van der Waals surface area contributed by atoms with E-state index in [9.17, 15) is 9.18 Å². The summed E-state index contributed by atoms with van der Waals surface area (Å²) in [6.07, 6.45) is 0.632. The van der Waals surface area contributed by atoms with Gasteiger partial charge in [0.15, 0.2) is 0 Å². The molecule has 20 heavy (non-hydrogen) atoms. The van der Waals surface area contributed by atoms with E-state index in [2.05, 4.69) is 5.32 Å². The first-order valence-corrected chi connectivity index (χ1v) is 6.17. The number of nitrogen functional groups attached to an aromatic ring is 1. The molecule has 2 aromatic rings. The predicted octanol–water partition coefficient (Wildman–Crippen LogP) is 2.09. The number of nitrogens with two attached hydrogens (primary N) is 1. The van der Waals surface area contributed by atoms with Crippen LogP contribution in [0.2, 0.25) is 0 Å². The molecule has 1 amide bonds. The van der Waals surface area contributed by atoms with Crippen LogP contribution >= 0.6 is 0 Å². The molecule has 0 aromatic heterocycles. The number of amides is 1. The third-order valence-electron chi connectivity index (χ3n) is 2.89. The van der Waals surface area contributed by atoms with Crippen molar-refractivity contribution in [2.24, 2.45) is 0 Å². The molecule has 4 nitrogen and oxygen atoms in total. The van der Waals surface area contributed by atoms with E-state index in [0.717, 1.165) is 11.6 Å². The fraction of sp³-hybridized carbons (Fsp3) is 0.133. The average molecular weight is 274 g/mol. The third kappa shape index (κ3) is 3.47. The van der Waals surface area contributed by atoms with Gasteiger partial charge in [0, 0.05) is 12.2 Å². The van der Waals surface area contributed by atoms with Crippen LogP contribution in [-0.2, 0) is 6.42 Å². The van der Waals surface area contributed by atoms with Gasteiger partial charge in [-0.15, -0.1) is 0 Å². The molecule has 0 aliphatic heterocycles. The summed E-state index contributed by atoms with van der Waals surface area (Å²) >= 11 is 0. The lowest BCUT2D eigenvalue weighted by molar-refractivity contribution is 0.0955. The maximum absolute atomic E-state index is 12.9. The highest BCUT2D eigenvalue weighted by Crippen LogP contribution is 2.13. The van der Waals surface area contributed by atoms with Crippen LogP contribution in [0.4, 0.5) is 10.1 Å². The van der Waals surface area contributed by atoms with Gasteiger partial charge in [0.05, 0.1) is 5.56 Å². The molecule has 0 fully saturated rings. The number of hydrogen-bond acceptors (Lipinski definition) is 3. The molecule has 0 radical (unpaired) electrons. The maximum Gasteiger partial charge on any atom is 0.253 e. The zero-order valence-electron chi connectivity index (χ0n) is 10.8. The van der Waals surface area contributed by atoms with Crippen molar-refractivity contribution >= 4 is 11.6 Å². The predicted molar refractivity (Wildman–Crippen MR) is 75.0 cm³/mol. The van der Waals surface area contributed by atoms with E-state index in [1.807, 2.05) is 0 Å². The van der Waals surface area contributed by atoms with E-state index in [-0.39, 0.29) is 22.9 Å². The summed E-state index contributed by atoms with van der Waals surface area (Å²) in [5, 5.41) is 11.9. The number of nitrogens with one attached hydrogen (secondary N) is 1. The number of carbonyl (C=O) groups excluding carboxylic acids is 1. The van der Waals surface area contributed by atoms with Crippen LogP contribution in [0.5, 0.6) is 5.75 Å². The Bertz CT molecular complexity index is 612. The summed E-state index contributed by atoms with van der Waals surface area (Å²) in [5.41, 5.74) is 6.97. The minimum atomic E-state index is -0.469. The Kier molecular flexibility index (Phi) is 4.20. The number of anilines is 1. The first-order chi connectivity index (χ1) is 9.56. The van der Waals surface area contributed by atoms with Crippen molar-refractivity contribution in [3.05, 3.63) is 59.4 Å². The Hall–Kier alpha value is -2.56. The highest BCUT2D eigenvalue weighted by Gasteiger charge is 2.09. The number of rotatable bonds is 4. The number of phenols is 1. The van der Waals surface area contributed by atoms with Gasteiger partial charge >= 0.3 is 0 Å². The molecule has 0 atom stereocenters. The van der Waals surface area contributed by atoms with Gasteiger partial charge in [0.2, 0.25) is 0 Å². The molecule has 4 N–H and O–H groups in total. The van der Waals surface area contributed by atoms with Crippen molar-refractivity contribution in [2.45, 2.75) is 6.42 Å². The van der Waals surface area contributed by atoms with Gasteiger partial charge in [-0.1, -0.05) is 12.1 Å². The lowest BCUT2D eigenvalue weighted by Crippen LogP contribution is -2.26. The fourth-order valence-electron chi connectivity index (χ4n) is 1.82. The topological polar surface area (TPSA) is 75.4 Å². The summed E-state index contributed by atoms with van der Waals surface area (Å²) in [4.78, 5) is 11.9. The Labute approximate surface area is 116 Å². The Morgan fingerprint density at radius 3 is 2.55 bits per heavy atom. The summed E-state index contributed by atoms with van der Waals surface area (Å²) in [7, 11) is 0. The molecule has 0 heterocycles. The zero-order valence-corrected chi connectivity index (χ0v) is 10.8. The first kappa shape index (κ1) is 13.9. The summed E-state index contributed by atoms with van der Waals surface area (Å²) < 4.78 is 12.9. The minimum absolute atomic E-state index is 0.118. The third-order valence-corrected chi connectivity index (χ3v) is 2.89. The molecule has 2 aromatic carbocycles. The number of phenolic OH excluding ortho intramolecular Hbond substituents is 1. The van der Waals surface area contributed by atoms with Crippen molar-refractivity contribution in [1.29, 1.82) is 0 Å². The average Bonchev–Trinajstić information content (AvgIpc) is 2.41. The van der Waals surface area contributed by atoms with Gasteiger partial charge in [-0.25, -0.2) is 4.39 Å². The molecule has 2 rings (SSSR count). The van der Waals surface area contributed by atoms with E-state index < -0.39 is 5.82 Å². The number of benzene rings is 2. The van der Waals surface area contributed by atoms with Crippen LogP contribution in [0, 0.1) is 5.82 Å². The number of hydrogen-bond donors (Lipinski definition) is 3. The second kappa shape index (κ2) is 6.06. The van der Waals surface area contributed by atoms with Crippen molar-refractivity contribution < 1.29 is 14.3 Å². The second-order valence-corrected chi connectivity index (χ2v) is 4.40. The number of halogens is 1. The SMILES string of the molecule is Nc1cc(F)ccc1C(=O)NCCc1ccc(O)cc1. The van der Waals surface area contributed by atoms with Crippen LogP contribution in [-0.4, -0.2) is 17.6 Å². The molecule has 0 aliphatic carbocycles. The second-order valence-electron chi connectivity index (χ2n) is 4.40. The van der Waals surface area contributed by atoms with Gasteiger partial charge < -0.3 is 16.2 Å². The molecule has 0 unspecified atom stereocenters. The van der Waals surface area contributed by atoms with Crippen molar-refractivity contribution in [1.82, 2.24) is 5.32 Å². The van der Waals surface area contributed by atoms with Gasteiger partial charge in [0.25, 0.3) is 5.91 Å². The Morgan fingerprint density at radius 2 is 1.90 bits per heavy atom. The van der Waals surface area contributed by atoms with Gasteiger partial charge in [-0.3, -0.25) is 4.79 Å². The van der Waals surface area contributed by atoms with Crippen molar-refractivity contribution in [3.8, 4) is 5.75 Å². The molecule has 0 aliphatic rings. The maximum atomic E-state index is 12.9. The zero-order chi connectivity index (χ0) is 14.5. The van der Waals surface area contributed by atoms with Crippen LogP contribution in [0.15, 0.2) is 42.5 Å². The van der Waals surface area contributed by atoms with Gasteiger partial charge in [0.1, 0.15) is 11.6 Å². The molecular formula is C15H15FN2O2. The van der Waals surface area contributed by atoms with Crippen molar-refractivity contribution in [2.75, 3.05) is 12.3 Å². The quantitative estimate of drug-likeness (QED) is 0.747. The molecule has 0 bridgehead atoms. The molecule has 0 saturated carbocycles. The van der Waals surface area contributed by atoms with E-state index in [1.165, 1.54) is 12.1 Å². The van der Waals surface area contributed by atoms with Crippen LogP contribution in [0.25, 0.3) is 0 Å². The largest absolute Gasteiger partial charge is 0.508 e. The number of aromatic hydroxyl groups is 1. The van der Waals surface area contributed by atoms with Gasteiger partial charge in [-0.05, 0) is 42.3 Å². The van der Waals surface area contributed by atoms with E-state index in [4.69, 9.17) is 10.8 Å². The van der Waals surface area contributed by atoms with E-state index in [1.54, 1.807) is 24.3 Å². The van der Waals surface area contributed by atoms with Crippen LogP contribution in [0.3, 0.4) is 0 Å². The normalized spacial score (nSPS) is 10.2. The fourth-order valence-corrected chi connectivity index (χ4v) is 1.82. The highest BCUT2D eigenvalue weighted by molar-refractivity contribution is 5.99. The Morgan fingerprint density at radius 1 is 1.20 bits per heavy atom. The monoisotopic (exact) mass is 274 g/mol. The first-order valence-electron chi connectivity index (χ1n) is 6.17. The van der Waals surface area contributed by atoms with Crippen LogP contribution in [0.1, 0.15) is 15.9 Å². The number of carbonyl (C=O) groups is 1. The summed E-state index contributed by atoms with van der Waals surface area (Å²) in [6, 6.07) is 10.4. The van der Waals surface area contributed by atoms with Crippen LogP contribution < -0.4 is 11.1 Å². The van der Waals surface area contributed by atoms with E-state index >= 15 is 0 Å². The molecule has 0 spiro atoms. The van der Waals surface area contributed by atoms with Gasteiger partial charge in [-0.2, -0.15) is 0 Å². The molecule has 104 valence electrons. The molecule has 0 saturated heterocycles. The molecular weight excluding hydrogens is 259 g/mol. The lowest BCUT2D eigenvalue weighted by Gasteiger charge is -2.07. The molecule has 5 heteroatoms. The summed E-state index contributed by atoms with van der Waals surface area (Å²) in [6.45, 7) is 0.431.